The molecule has 0 spiro atoms. The molecule has 0 N–H and O–H groups in total. The summed E-state index contributed by atoms with van der Waals surface area (Å²) in [5.41, 5.74) is 1.06. The largest absolute Gasteiger partial charge is 0.490 e. The monoisotopic (exact) mass is 349 g/mol. The fourth-order valence-corrected chi connectivity index (χ4v) is 4.72. The van der Waals surface area contributed by atoms with Gasteiger partial charge in [0.15, 0.2) is 5.78 Å². The maximum Gasteiger partial charge on any atom is 0.170 e. The molecule has 0 bridgehead atoms. The highest BCUT2D eigenvalue weighted by molar-refractivity contribution is 5.80. The number of rotatable bonds is 6. The first-order valence-electron chi connectivity index (χ1n) is 9.91. The third kappa shape index (κ3) is 4.02. The summed E-state index contributed by atoms with van der Waals surface area (Å²) in [4.78, 5) is 14.7. The number of carbonyl (C=O) groups is 1. The van der Waals surface area contributed by atoms with Crippen LogP contribution in [0.5, 0.6) is 0 Å². The Bertz CT molecular complexity index is 516. The summed E-state index contributed by atoms with van der Waals surface area (Å²) in [6.07, 6.45) is 8.81. The first-order chi connectivity index (χ1) is 11.7. The number of hydrogen-bond donors (Lipinski definition) is 0. The Morgan fingerprint density at radius 2 is 1.80 bits per heavy atom. The number of ketones is 1. The summed E-state index contributed by atoms with van der Waals surface area (Å²) in [5, 5.41) is 0. The standard InChI is InChI=1S/C22H39NO2/c1-9-13-19-20(12-4)25-16-18(24)14-15-21(5,23(7)8)22(19,6)17(10-2)11-3/h9,13,17H,10-12,14-16H2,1-8H3/b13-9-,20-19-. The van der Waals surface area contributed by atoms with E-state index in [2.05, 4.69) is 72.7 Å². The van der Waals surface area contributed by atoms with Crippen LogP contribution in [0.3, 0.4) is 0 Å². The highest BCUT2D eigenvalue weighted by Crippen LogP contribution is 2.53. The second-order valence-electron chi connectivity index (χ2n) is 7.90. The van der Waals surface area contributed by atoms with Crippen LogP contribution in [0.15, 0.2) is 23.5 Å². The Hall–Kier alpha value is -1.09. The molecule has 0 saturated carbocycles. The van der Waals surface area contributed by atoms with Crippen molar-refractivity contribution < 1.29 is 9.53 Å². The second kappa shape index (κ2) is 9.02. The molecule has 1 aliphatic rings. The molecule has 1 aliphatic heterocycles. The molecule has 1 rings (SSSR count). The molecule has 25 heavy (non-hydrogen) atoms. The van der Waals surface area contributed by atoms with Gasteiger partial charge in [-0.25, -0.2) is 0 Å². The van der Waals surface area contributed by atoms with Crippen LogP contribution in [0, 0.1) is 11.3 Å². The zero-order valence-corrected chi connectivity index (χ0v) is 17.7. The molecule has 0 aliphatic carbocycles. The average Bonchev–Trinajstić information content (AvgIpc) is 2.62. The van der Waals surface area contributed by atoms with Gasteiger partial charge in [0, 0.05) is 23.8 Å². The number of hydrogen-bond acceptors (Lipinski definition) is 3. The van der Waals surface area contributed by atoms with Crippen LogP contribution in [0.4, 0.5) is 0 Å². The summed E-state index contributed by atoms with van der Waals surface area (Å²) < 4.78 is 6.06. The molecule has 1 heterocycles. The Labute approximate surface area is 155 Å². The van der Waals surface area contributed by atoms with Crippen molar-refractivity contribution in [2.75, 3.05) is 20.7 Å². The molecule has 3 heteroatoms. The summed E-state index contributed by atoms with van der Waals surface area (Å²) in [6, 6.07) is 0. The van der Waals surface area contributed by atoms with Crippen molar-refractivity contribution in [3.8, 4) is 0 Å². The van der Waals surface area contributed by atoms with Gasteiger partial charge in [0.25, 0.3) is 0 Å². The fraction of sp³-hybridized carbons (Fsp3) is 0.773. The van der Waals surface area contributed by atoms with Gasteiger partial charge in [0.2, 0.25) is 0 Å². The predicted molar refractivity (Wildman–Crippen MR) is 107 cm³/mol. The molecule has 2 atom stereocenters. The van der Waals surface area contributed by atoms with E-state index in [1.807, 2.05) is 0 Å². The number of carbonyl (C=O) groups excluding carboxylic acids is 1. The average molecular weight is 350 g/mol. The third-order valence-corrected chi connectivity index (χ3v) is 6.72. The molecule has 0 aromatic heterocycles. The molecule has 0 aromatic carbocycles. The quantitative estimate of drug-likeness (QED) is 0.646. The van der Waals surface area contributed by atoms with Crippen LogP contribution in [0.25, 0.3) is 0 Å². The Balaban J connectivity index is 3.82. The van der Waals surface area contributed by atoms with Crippen molar-refractivity contribution in [3.05, 3.63) is 23.5 Å². The number of Topliss-reactive ketones (excluding diaryl/α,β-unsaturated/α-hetero) is 1. The zero-order chi connectivity index (χ0) is 19.3. The van der Waals surface area contributed by atoms with E-state index in [0.717, 1.165) is 31.4 Å². The van der Waals surface area contributed by atoms with Gasteiger partial charge in [0.1, 0.15) is 12.4 Å². The summed E-state index contributed by atoms with van der Waals surface area (Å²) in [7, 11) is 4.31. The van der Waals surface area contributed by atoms with E-state index in [1.54, 1.807) is 0 Å². The maximum absolute atomic E-state index is 12.4. The minimum atomic E-state index is -0.123. The highest BCUT2D eigenvalue weighted by Gasteiger charge is 2.52. The maximum atomic E-state index is 12.4. The topological polar surface area (TPSA) is 29.5 Å². The molecule has 3 nitrogen and oxygen atoms in total. The van der Waals surface area contributed by atoms with E-state index in [-0.39, 0.29) is 23.3 Å². The van der Waals surface area contributed by atoms with Crippen molar-refractivity contribution in [2.45, 2.75) is 79.2 Å². The Kier molecular flexibility index (Phi) is 7.92. The smallest absolute Gasteiger partial charge is 0.170 e. The molecule has 0 amide bonds. The highest BCUT2D eigenvalue weighted by atomic mass is 16.5. The lowest BCUT2D eigenvalue weighted by Crippen LogP contribution is -2.58. The van der Waals surface area contributed by atoms with Crippen molar-refractivity contribution in [3.63, 3.8) is 0 Å². The van der Waals surface area contributed by atoms with E-state index in [1.165, 1.54) is 5.57 Å². The zero-order valence-electron chi connectivity index (χ0n) is 17.7. The Morgan fingerprint density at radius 3 is 2.24 bits per heavy atom. The van der Waals surface area contributed by atoms with Gasteiger partial charge >= 0.3 is 0 Å². The van der Waals surface area contributed by atoms with E-state index in [9.17, 15) is 4.79 Å². The molecule has 144 valence electrons. The van der Waals surface area contributed by atoms with E-state index in [4.69, 9.17) is 4.74 Å². The van der Waals surface area contributed by atoms with Crippen molar-refractivity contribution >= 4 is 5.78 Å². The molecule has 2 unspecified atom stereocenters. The van der Waals surface area contributed by atoms with Crippen molar-refractivity contribution in [2.24, 2.45) is 11.3 Å². The van der Waals surface area contributed by atoms with Gasteiger partial charge in [-0.05, 0) is 45.9 Å². The van der Waals surface area contributed by atoms with Crippen LogP contribution >= 0.6 is 0 Å². The minimum Gasteiger partial charge on any atom is -0.490 e. The van der Waals surface area contributed by atoms with Gasteiger partial charge in [0.05, 0.1) is 0 Å². The number of ether oxygens (including phenoxy) is 1. The van der Waals surface area contributed by atoms with Crippen LogP contribution in [-0.4, -0.2) is 36.9 Å². The molecule has 0 radical (unpaired) electrons. The predicted octanol–water partition coefficient (Wildman–Crippen LogP) is 5.37. The third-order valence-electron chi connectivity index (χ3n) is 6.72. The summed E-state index contributed by atoms with van der Waals surface area (Å²) in [5.74, 6) is 1.70. The first kappa shape index (κ1) is 22.0. The normalized spacial score (nSPS) is 32.0. The first-order valence-corrected chi connectivity index (χ1v) is 9.91. The lowest BCUT2D eigenvalue weighted by atomic mass is 9.56. The molecule has 0 aromatic rings. The fourth-order valence-electron chi connectivity index (χ4n) is 4.72. The van der Waals surface area contributed by atoms with Gasteiger partial charge in [-0.15, -0.1) is 0 Å². The summed E-state index contributed by atoms with van der Waals surface area (Å²) in [6.45, 7) is 13.7. The minimum absolute atomic E-state index is 0.0948. The van der Waals surface area contributed by atoms with E-state index < -0.39 is 0 Å². The lowest BCUT2D eigenvalue weighted by Gasteiger charge is -2.55. The van der Waals surface area contributed by atoms with Gasteiger partial charge in [-0.2, -0.15) is 0 Å². The molecule has 0 saturated heterocycles. The van der Waals surface area contributed by atoms with Crippen LogP contribution < -0.4 is 0 Å². The SMILES string of the molecule is C/C=C\C1=C(/CC)OCC(=O)CCC(C)(N(C)C)C1(C)C(CC)CC. The number of nitrogens with zero attached hydrogens (tertiary/aromatic N) is 1. The van der Waals surface area contributed by atoms with Crippen molar-refractivity contribution in [1.29, 1.82) is 0 Å². The van der Waals surface area contributed by atoms with E-state index in [0.29, 0.717) is 12.3 Å². The molecular weight excluding hydrogens is 310 g/mol. The van der Waals surface area contributed by atoms with Crippen molar-refractivity contribution in [1.82, 2.24) is 4.90 Å². The van der Waals surface area contributed by atoms with Crippen LogP contribution in [-0.2, 0) is 9.53 Å². The molecule has 0 fully saturated rings. The number of allylic oxidation sites excluding steroid dienone is 3. The van der Waals surface area contributed by atoms with Crippen LogP contribution in [0.1, 0.15) is 73.6 Å². The van der Waals surface area contributed by atoms with Crippen LogP contribution in [0.2, 0.25) is 0 Å². The second-order valence-corrected chi connectivity index (χ2v) is 7.90. The summed E-state index contributed by atoms with van der Waals surface area (Å²) >= 11 is 0. The van der Waals surface area contributed by atoms with Gasteiger partial charge in [-0.3, -0.25) is 4.79 Å². The lowest BCUT2D eigenvalue weighted by molar-refractivity contribution is -0.123. The van der Waals surface area contributed by atoms with Gasteiger partial charge in [-0.1, -0.05) is 52.7 Å². The van der Waals surface area contributed by atoms with E-state index >= 15 is 0 Å². The molecular formula is C22H39NO2. The Morgan fingerprint density at radius 1 is 1.20 bits per heavy atom. The van der Waals surface area contributed by atoms with Gasteiger partial charge < -0.3 is 9.64 Å².